The van der Waals surface area contributed by atoms with Gasteiger partial charge in [-0.05, 0) is 55.5 Å². The summed E-state index contributed by atoms with van der Waals surface area (Å²) in [4.78, 5) is 27.2. The second-order valence-electron chi connectivity index (χ2n) is 6.79. The van der Waals surface area contributed by atoms with E-state index < -0.39 is 0 Å². The molecule has 0 saturated carbocycles. The lowest BCUT2D eigenvalue weighted by Gasteiger charge is -2.33. The Morgan fingerprint density at radius 2 is 1.67 bits per heavy atom. The van der Waals surface area contributed by atoms with E-state index in [1.165, 1.54) is 17.5 Å². The average molecular weight is 368 g/mol. The number of quaternary nitrogens is 1. The summed E-state index contributed by atoms with van der Waals surface area (Å²) in [6, 6.07) is 15.1. The quantitative estimate of drug-likeness (QED) is 0.753. The van der Waals surface area contributed by atoms with Gasteiger partial charge in [0.15, 0.2) is 12.3 Å². The van der Waals surface area contributed by atoms with Gasteiger partial charge >= 0.3 is 0 Å². The normalized spacial score (nSPS) is 14.7. The lowest BCUT2D eigenvalue weighted by atomic mass is 10.1. The van der Waals surface area contributed by atoms with E-state index in [0.29, 0.717) is 12.1 Å². The molecule has 142 valence electrons. The lowest BCUT2D eigenvalue weighted by molar-refractivity contribution is -0.892. The van der Waals surface area contributed by atoms with Crippen LogP contribution in [0, 0.1) is 0 Å². The maximum absolute atomic E-state index is 12.3. The first-order chi connectivity index (χ1) is 13.0. The zero-order chi connectivity index (χ0) is 19.2. The number of methoxy groups -OCH3 is 1. The van der Waals surface area contributed by atoms with E-state index in [1.54, 1.807) is 31.4 Å². The SMILES string of the molecule is COc1ccc(N2CC[NH+](CC(=O)Nc3ccc(C(C)=O)cc3)CC2)cc1. The molecule has 2 aromatic rings. The van der Waals surface area contributed by atoms with Crippen molar-refractivity contribution in [2.45, 2.75) is 6.92 Å². The fraction of sp³-hybridized carbons (Fsp3) is 0.333. The highest BCUT2D eigenvalue weighted by Crippen LogP contribution is 2.19. The van der Waals surface area contributed by atoms with Crippen molar-refractivity contribution in [1.82, 2.24) is 0 Å². The summed E-state index contributed by atoms with van der Waals surface area (Å²) in [6.45, 7) is 5.66. The van der Waals surface area contributed by atoms with E-state index in [4.69, 9.17) is 4.74 Å². The zero-order valence-electron chi connectivity index (χ0n) is 15.8. The van der Waals surface area contributed by atoms with Crippen LogP contribution in [0.15, 0.2) is 48.5 Å². The summed E-state index contributed by atoms with van der Waals surface area (Å²) >= 11 is 0. The van der Waals surface area contributed by atoms with E-state index in [1.807, 2.05) is 12.1 Å². The topological polar surface area (TPSA) is 63.1 Å². The number of benzene rings is 2. The van der Waals surface area contributed by atoms with Crippen LogP contribution in [0.4, 0.5) is 11.4 Å². The maximum Gasteiger partial charge on any atom is 0.279 e. The standard InChI is InChI=1S/C21H25N3O3/c1-16(25)17-3-5-18(6-4-17)22-21(26)15-23-11-13-24(14-12-23)19-7-9-20(27-2)10-8-19/h3-10H,11-15H2,1-2H3,(H,22,26)/p+1. The number of carbonyl (C=O) groups is 2. The molecule has 3 rings (SSSR count). The molecule has 1 aliphatic rings. The molecule has 0 spiro atoms. The van der Waals surface area contributed by atoms with Crippen LogP contribution in [0.25, 0.3) is 0 Å². The number of nitrogens with one attached hydrogen (secondary N) is 2. The molecular formula is C21H26N3O3+. The number of hydrogen-bond donors (Lipinski definition) is 2. The Labute approximate surface area is 159 Å². The third-order valence-corrected chi connectivity index (χ3v) is 4.89. The summed E-state index contributed by atoms with van der Waals surface area (Å²) < 4.78 is 5.20. The van der Waals surface area contributed by atoms with E-state index in [0.717, 1.165) is 37.6 Å². The number of piperazine rings is 1. The number of Topliss-reactive ketones (excluding diaryl/α,β-unsaturated/α-hetero) is 1. The molecule has 1 saturated heterocycles. The summed E-state index contributed by atoms with van der Waals surface area (Å²) in [6.07, 6.45) is 0. The molecule has 0 aromatic heterocycles. The molecule has 0 aliphatic carbocycles. The number of anilines is 2. The van der Waals surface area contributed by atoms with E-state index in [9.17, 15) is 9.59 Å². The Balaban J connectivity index is 1.46. The molecule has 2 N–H and O–H groups in total. The zero-order valence-corrected chi connectivity index (χ0v) is 15.8. The van der Waals surface area contributed by atoms with Crippen molar-refractivity contribution in [1.29, 1.82) is 0 Å². The Hall–Kier alpha value is -2.86. The largest absolute Gasteiger partial charge is 0.497 e. The van der Waals surface area contributed by atoms with E-state index in [-0.39, 0.29) is 11.7 Å². The molecule has 1 aliphatic heterocycles. The minimum absolute atomic E-state index is 0.00141. The van der Waals surface area contributed by atoms with Crippen LogP contribution in [-0.2, 0) is 4.79 Å². The fourth-order valence-electron chi connectivity index (χ4n) is 3.27. The molecule has 27 heavy (non-hydrogen) atoms. The van der Waals surface area contributed by atoms with Gasteiger partial charge in [-0.2, -0.15) is 0 Å². The first-order valence-electron chi connectivity index (χ1n) is 9.18. The molecule has 1 fully saturated rings. The number of rotatable bonds is 6. The predicted octanol–water partition coefficient (Wildman–Crippen LogP) is 1.24. The highest BCUT2D eigenvalue weighted by atomic mass is 16.5. The van der Waals surface area contributed by atoms with Gasteiger partial charge in [-0.3, -0.25) is 9.59 Å². The van der Waals surface area contributed by atoms with E-state index >= 15 is 0 Å². The molecule has 2 aromatic carbocycles. The maximum atomic E-state index is 12.3. The number of ketones is 1. The lowest BCUT2D eigenvalue weighted by Crippen LogP contribution is -3.15. The van der Waals surface area contributed by atoms with Crippen LogP contribution < -0.4 is 19.9 Å². The Bertz CT molecular complexity index is 779. The molecule has 0 atom stereocenters. The van der Waals surface area contributed by atoms with Crippen molar-refractivity contribution >= 4 is 23.1 Å². The number of carbonyl (C=O) groups excluding carboxylic acids is 2. The number of nitrogens with zero attached hydrogens (tertiary/aromatic N) is 1. The Kier molecular flexibility index (Phi) is 6.08. The van der Waals surface area contributed by atoms with Gasteiger partial charge in [0, 0.05) is 16.9 Å². The van der Waals surface area contributed by atoms with Gasteiger partial charge in [-0.1, -0.05) is 0 Å². The number of hydrogen-bond acceptors (Lipinski definition) is 4. The van der Waals surface area contributed by atoms with Gasteiger partial charge in [-0.15, -0.1) is 0 Å². The molecule has 1 heterocycles. The Morgan fingerprint density at radius 3 is 2.22 bits per heavy atom. The fourth-order valence-corrected chi connectivity index (χ4v) is 3.27. The monoisotopic (exact) mass is 368 g/mol. The highest BCUT2D eigenvalue weighted by Gasteiger charge is 2.22. The number of amides is 1. The number of ether oxygens (including phenoxy) is 1. The molecule has 6 nitrogen and oxygen atoms in total. The molecule has 0 radical (unpaired) electrons. The summed E-state index contributed by atoms with van der Waals surface area (Å²) in [5, 5.41) is 2.91. The van der Waals surface area contributed by atoms with Crippen LogP contribution in [0.2, 0.25) is 0 Å². The molecule has 0 bridgehead atoms. The van der Waals surface area contributed by atoms with Gasteiger partial charge in [0.05, 0.1) is 33.3 Å². The van der Waals surface area contributed by atoms with Crippen molar-refractivity contribution < 1.29 is 19.2 Å². The van der Waals surface area contributed by atoms with Gasteiger partial charge in [0.25, 0.3) is 5.91 Å². The second-order valence-corrected chi connectivity index (χ2v) is 6.79. The van der Waals surface area contributed by atoms with Crippen molar-refractivity contribution in [3.8, 4) is 5.75 Å². The van der Waals surface area contributed by atoms with Crippen molar-refractivity contribution in [3.63, 3.8) is 0 Å². The molecule has 0 unspecified atom stereocenters. The third kappa shape index (κ3) is 5.08. The van der Waals surface area contributed by atoms with Crippen LogP contribution >= 0.6 is 0 Å². The predicted molar refractivity (Wildman–Crippen MR) is 106 cm³/mol. The smallest absolute Gasteiger partial charge is 0.279 e. The molecular weight excluding hydrogens is 342 g/mol. The highest BCUT2D eigenvalue weighted by molar-refractivity contribution is 5.95. The van der Waals surface area contributed by atoms with Crippen LogP contribution in [0.1, 0.15) is 17.3 Å². The van der Waals surface area contributed by atoms with Crippen LogP contribution in [0.3, 0.4) is 0 Å². The molecule has 6 heteroatoms. The first-order valence-corrected chi connectivity index (χ1v) is 9.18. The second kappa shape index (κ2) is 8.68. The summed E-state index contributed by atoms with van der Waals surface area (Å²) in [7, 11) is 1.67. The minimum atomic E-state index is -0.00141. The van der Waals surface area contributed by atoms with Gasteiger partial charge in [0.2, 0.25) is 0 Å². The van der Waals surface area contributed by atoms with Crippen molar-refractivity contribution in [2.24, 2.45) is 0 Å². The Morgan fingerprint density at radius 1 is 1.04 bits per heavy atom. The van der Waals surface area contributed by atoms with Crippen molar-refractivity contribution in [3.05, 3.63) is 54.1 Å². The first kappa shape index (κ1) is 18.9. The van der Waals surface area contributed by atoms with Gasteiger partial charge in [-0.25, -0.2) is 0 Å². The minimum Gasteiger partial charge on any atom is -0.497 e. The third-order valence-electron chi connectivity index (χ3n) is 4.89. The van der Waals surface area contributed by atoms with Gasteiger partial charge < -0.3 is 19.9 Å². The van der Waals surface area contributed by atoms with Crippen molar-refractivity contribution in [2.75, 3.05) is 50.1 Å². The van der Waals surface area contributed by atoms with Crippen LogP contribution in [0.5, 0.6) is 5.75 Å². The van der Waals surface area contributed by atoms with Gasteiger partial charge in [0.1, 0.15) is 5.75 Å². The summed E-state index contributed by atoms with van der Waals surface area (Å²) in [5.74, 6) is 0.876. The average Bonchev–Trinajstić information content (AvgIpc) is 2.69. The summed E-state index contributed by atoms with van der Waals surface area (Å²) in [5.41, 5.74) is 2.56. The molecule has 1 amide bonds. The van der Waals surface area contributed by atoms with E-state index in [2.05, 4.69) is 22.3 Å². The van der Waals surface area contributed by atoms with Crippen LogP contribution in [-0.4, -0.2) is 51.5 Å².